The summed E-state index contributed by atoms with van der Waals surface area (Å²) in [4.78, 5) is 17.8. The van der Waals surface area contributed by atoms with Crippen molar-refractivity contribution in [3.8, 4) is 5.75 Å². The molecule has 37 heavy (non-hydrogen) atoms. The van der Waals surface area contributed by atoms with Gasteiger partial charge in [0.15, 0.2) is 0 Å². The van der Waals surface area contributed by atoms with Crippen molar-refractivity contribution in [1.29, 1.82) is 0 Å². The second-order valence-corrected chi connectivity index (χ2v) is 10.4. The highest BCUT2D eigenvalue weighted by atomic mass is 19.1. The van der Waals surface area contributed by atoms with Gasteiger partial charge in [0.05, 0.1) is 0 Å². The monoisotopic (exact) mass is 503 g/mol. The van der Waals surface area contributed by atoms with Crippen LogP contribution >= 0.6 is 0 Å². The van der Waals surface area contributed by atoms with Gasteiger partial charge in [-0.15, -0.1) is 0 Å². The van der Waals surface area contributed by atoms with Crippen molar-refractivity contribution >= 4 is 28.1 Å². The Kier molecular flexibility index (Phi) is 8.24. The van der Waals surface area contributed by atoms with Crippen molar-refractivity contribution in [3.05, 3.63) is 66.0 Å². The first-order valence-corrected chi connectivity index (χ1v) is 13.8. The number of carbonyl (C=O) groups excluding carboxylic acids is 1. The van der Waals surface area contributed by atoms with E-state index >= 15 is 0 Å². The van der Waals surface area contributed by atoms with E-state index in [4.69, 9.17) is 4.74 Å². The van der Waals surface area contributed by atoms with Crippen LogP contribution in [0.5, 0.6) is 5.75 Å². The Labute approximate surface area is 219 Å². The van der Waals surface area contributed by atoms with Gasteiger partial charge >= 0.3 is 0 Å². The third-order valence-electron chi connectivity index (χ3n) is 7.95. The number of carbonyl (C=O) groups is 1. The van der Waals surface area contributed by atoms with E-state index in [0.29, 0.717) is 17.9 Å². The number of anilines is 2. The number of halogens is 1. The van der Waals surface area contributed by atoms with E-state index in [9.17, 15) is 9.18 Å². The molecule has 0 unspecified atom stereocenters. The fourth-order valence-electron chi connectivity index (χ4n) is 5.64. The van der Waals surface area contributed by atoms with Gasteiger partial charge in [-0.2, -0.15) is 0 Å². The summed E-state index contributed by atoms with van der Waals surface area (Å²) in [6.45, 7) is 7.92. The number of hydrogen-bond donors (Lipinski definition) is 1. The van der Waals surface area contributed by atoms with Crippen LogP contribution < -0.4 is 15.0 Å². The number of nitrogens with one attached hydrogen (secondary N) is 1. The van der Waals surface area contributed by atoms with E-state index in [2.05, 4.69) is 22.0 Å². The second-order valence-electron chi connectivity index (χ2n) is 10.4. The van der Waals surface area contributed by atoms with Crippen LogP contribution in [0.3, 0.4) is 0 Å². The zero-order chi connectivity index (χ0) is 25.6. The average molecular weight is 504 g/mol. The van der Waals surface area contributed by atoms with E-state index < -0.39 is 0 Å². The van der Waals surface area contributed by atoms with Crippen LogP contribution in [0.25, 0.3) is 10.8 Å². The highest BCUT2D eigenvalue weighted by molar-refractivity contribution is 6.10. The Balaban J connectivity index is 1.27. The number of benzene rings is 3. The fourth-order valence-corrected chi connectivity index (χ4v) is 5.64. The summed E-state index contributed by atoms with van der Waals surface area (Å²) in [5.41, 5.74) is 1.80. The third-order valence-corrected chi connectivity index (χ3v) is 7.95. The smallest absolute Gasteiger partial charge is 0.255 e. The molecule has 3 aromatic carbocycles. The zero-order valence-electron chi connectivity index (χ0n) is 21.8. The molecule has 2 aliphatic heterocycles. The van der Waals surface area contributed by atoms with Crippen LogP contribution in [0.15, 0.2) is 54.6 Å². The molecule has 6 heteroatoms. The summed E-state index contributed by atoms with van der Waals surface area (Å²) in [5.74, 6) is 0.982. The third kappa shape index (κ3) is 6.24. The van der Waals surface area contributed by atoms with Gasteiger partial charge in [-0.1, -0.05) is 37.6 Å². The minimum atomic E-state index is -0.388. The molecule has 2 aliphatic rings. The number of amides is 1. The molecule has 196 valence electrons. The molecule has 0 aliphatic carbocycles. The number of ether oxygens (including phenoxy) is 1. The normalized spacial score (nSPS) is 17.2. The first-order valence-electron chi connectivity index (χ1n) is 13.8. The fraction of sp³-hybridized carbons (Fsp3) is 0.452. The zero-order valence-corrected chi connectivity index (χ0v) is 21.8. The molecule has 2 heterocycles. The molecule has 0 atom stereocenters. The summed E-state index contributed by atoms with van der Waals surface area (Å²) < 4.78 is 20.7. The molecule has 0 spiro atoms. The average Bonchev–Trinajstić information content (AvgIpc) is 2.94. The highest BCUT2D eigenvalue weighted by Gasteiger charge is 2.19. The van der Waals surface area contributed by atoms with Gasteiger partial charge in [-0.3, -0.25) is 9.69 Å². The first kappa shape index (κ1) is 25.5. The summed E-state index contributed by atoms with van der Waals surface area (Å²) in [7, 11) is 0. The molecular formula is C31H38FN3O2. The van der Waals surface area contributed by atoms with Crippen LogP contribution in [0.1, 0.15) is 55.8 Å². The van der Waals surface area contributed by atoms with Gasteiger partial charge in [0.2, 0.25) is 0 Å². The van der Waals surface area contributed by atoms with E-state index in [1.807, 2.05) is 36.4 Å². The Morgan fingerprint density at radius 3 is 2.49 bits per heavy atom. The van der Waals surface area contributed by atoms with Crippen LogP contribution in [-0.2, 0) is 0 Å². The summed E-state index contributed by atoms with van der Waals surface area (Å²) >= 11 is 0. The quantitative estimate of drug-likeness (QED) is 0.371. The van der Waals surface area contributed by atoms with Crippen molar-refractivity contribution in [2.24, 2.45) is 5.92 Å². The van der Waals surface area contributed by atoms with Crippen molar-refractivity contribution in [1.82, 2.24) is 4.90 Å². The van der Waals surface area contributed by atoms with Gasteiger partial charge in [0.25, 0.3) is 5.91 Å². The Morgan fingerprint density at radius 1 is 0.973 bits per heavy atom. The predicted octanol–water partition coefficient (Wildman–Crippen LogP) is 6.72. The molecular weight excluding hydrogens is 465 g/mol. The Morgan fingerprint density at radius 2 is 1.73 bits per heavy atom. The van der Waals surface area contributed by atoms with E-state index in [0.717, 1.165) is 73.7 Å². The Bertz CT molecular complexity index is 1220. The summed E-state index contributed by atoms with van der Waals surface area (Å²) in [6, 6.07) is 16.4. The number of rotatable bonds is 8. The van der Waals surface area contributed by atoms with Crippen LogP contribution in [0, 0.1) is 11.7 Å². The maximum absolute atomic E-state index is 14.5. The molecule has 2 fully saturated rings. The molecule has 0 radical (unpaired) electrons. The number of likely N-dealkylation sites (tertiary alicyclic amines) is 1. The van der Waals surface area contributed by atoms with Crippen molar-refractivity contribution in [3.63, 3.8) is 0 Å². The molecule has 1 N–H and O–H groups in total. The van der Waals surface area contributed by atoms with E-state index in [1.165, 1.54) is 37.8 Å². The molecule has 0 saturated carbocycles. The summed E-state index contributed by atoms with van der Waals surface area (Å²) in [6.07, 6.45) is 7.21. The lowest BCUT2D eigenvalue weighted by atomic mass is 9.94. The largest absolute Gasteiger partial charge is 0.492 e. The predicted molar refractivity (Wildman–Crippen MR) is 149 cm³/mol. The number of piperidine rings is 2. The number of fused-ring (bicyclic) bond motifs is 1. The first-order chi connectivity index (χ1) is 18.1. The SMILES string of the molecule is CCC1CCN(CCOc2ccc(NC(=O)c3cc(F)cc(N4CCCCC4)c3)c3ccccc23)CC1. The van der Waals surface area contributed by atoms with Crippen LogP contribution in [0.4, 0.5) is 15.8 Å². The molecule has 0 bridgehead atoms. The van der Waals surface area contributed by atoms with Crippen molar-refractivity contribution in [2.45, 2.75) is 45.4 Å². The minimum Gasteiger partial charge on any atom is -0.492 e. The molecule has 5 nitrogen and oxygen atoms in total. The standard InChI is InChI=1S/C31H38FN3O2/c1-2-23-12-16-34(17-13-23)18-19-37-30-11-10-29(27-8-4-5-9-28(27)30)33-31(36)24-20-25(32)22-26(21-24)35-14-6-3-7-15-35/h4-5,8-11,20-23H,2-3,6-7,12-19H2,1H3,(H,33,36). The number of hydrogen-bond acceptors (Lipinski definition) is 4. The topological polar surface area (TPSA) is 44.8 Å². The maximum Gasteiger partial charge on any atom is 0.255 e. The van der Waals surface area contributed by atoms with Crippen LogP contribution in [0.2, 0.25) is 0 Å². The molecule has 5 rings (SSSR count). The van der Waals surface area contributed by atoms with Gasteiger partial charge in [-0.05, 0) is 81.4 Å². The van der Waals surface area contributed by atoms with Gasteiger partial charge in [-0.25, -0.2) is 4.39 Å². The van der Waals surface area contributed by atoms with Gasteiger partial charge in [0.1, 0.15) is 18.2 Å². The Hall–Kier alpha value is -3.12. The van der Waals surface area contributed by atoms with E-state index in [-0.39, 0.29) is 11.7 Å². The van der Waals surface area contributed by atoms with Crippen molar-refractivity contribution in [2.75, 3.05) is 49.5 Å². The minimum absolute atomic E-state index is 0.313. The highest BCUT2D eigenvalue weighted by Crippen LogP contribution is 2.32. The van der Waals surface area contributed by atoms with E-state index in [1.54, 1.807) is 6.07 Å². The lowest BCUT2D eigenvalue weighted by Crippen LogP contribution is -2.36. The molecule has 2 saturated heterocycles. The second kappa shape index (κ2) is 12.0. The number of nitrogens with zero attached hydrogens (tertiary/aromatic N) is 2. The van der Waals surface area contributed by atoms with Crippen molar-refractivity contribution < 1.29 is 13.9 Å². The van der Waals surface area contributed by atoms with Crippen LogP contribution in [-0.4, -0.2) is 50.1 Å². The summed E-state index contributed by atoms with van der Waals surface area (Å²) in [5, 5.41) is 4.88. The maximum atomic E-state index is 14.5. The van der Waals surface area contributed by atoms with Gasteiger partial charge < -0.3 is 15.0 Å². The van der Waals surface area contributed by atoms with Gasteiger partial charge in [0, 0.05) is 47.3 Å². The molecule has 3 aromatic rings. The lowest BCUT2D eigenvalue weighted by molar-refractivity contribution is 0.102. The lowest BCUT2D eigenvalue weighted by Gasteiger charge is -2.31. The molecule has 0 aromatic heterocycles. The molecule has 1 amide bonds.